The highest BCUT2D eigenvalue weighted by Gasteiger charge is 2.13. The number of unbranched alkanes of at least 4 members (excludes halogenated alkanes) is 1. The molecule has 0 aliphatic carbocycles. The Hall–Kier alpha value is -0.610. The van der Waals surface area contributed by atoms with E-state index in [0.29, 0.717) is 12.5 Å². The molecule has 1 aliphatic rings. The Labute approximate surface area is 85.2 Å². The molecule has 1 fully saturated rings. The predicted octanol–water partition coefficient (Wildman–Crippen LogP) is 0.411. The van der Waals surface area contributed by atoms with E-state index in [9.17, 15) is 4.79 Å². The molecule has 82 valence electrons. The van der Waals surface area contributed by atoms with E-state index in [1.807, 2.05) is 0 Å². The van der Waals surface area contributed by atoms with Crippen LogP contribution in [0.15, 0.2) is 0 Å². The molecule has 3 N–H and O–H groups in total. The molecule has 4 nitrogen and oxygen atoms in total. The number of ether oxygens (including phenoxy) is 1. The average molecular weight is 200 g/mol. The first-order valence-electron chi connectivity index (χ1n) is 5.39. The predicted molar refractivity (Wildman–Crippen MR) is 54.9 cm³/mol. The maximum atomic E-state index is 10.4. The van der Waals surface area contributed by atoms with Crippen molar-refractivity contribution >= 4 is 5.91 Å². The number of nitrogens with one attached hydrogen (secondary N) is 1. The first-order chi connectivity index (χ1) is 6.79. The van der Waals surface area contributed by atoms with Crippen LogP contribution in [0.1, 0.15) is 32.1 Å². The van der Waals surface area contributed by atoms with Crippen LogP contribution in [-0.2, 0) is 9.53 Å². The zero-order valence-electron chi connectivity index (χ0n) is 8.63. The number of hydrogen-bond donors (Lipinski definition) is 2. The lowest BCUT2D eigenvalue weighted by Gasteiger charge is -2.09. The molecule has 1 unspecified atom stereocenters. The van der Waals surface area contributed by atoms with Gasteiger partial charge in [0.2, 0.25) is 5.91 Å². The Morgan fingerprint density at radius 3 is 3.00 bits per heavy atom. The molecule has 0 aromatic rings. The van der Waals surface area contributed by atoms with Gasteiger partial charge in [-0.15, -0.1) is 0 Å². The highest BCUT2D eigenvalue weighted by atomic mass is 16.5. The topological polar surface area (TPSA) is 64.4 Å². The standard InChI is InChI=1S/C10H20N2O2/c11-10(13)5-1-2-6-12-8-9-4-3-7-14-9/h9,12H,1-8H2,(H2,11,13). The van der Waals surface area contributed by atoms with Gasteiger partial charge in [-0.05, 0) is 32.2 Å². The lowest BCUT2D eigenvalue weighted by molar-refractivity contribution is -0.118. The summed E-state index contributed by atoms with van der Waals surface area (Å²) in [5.41, 5.74) is 5.03. The molecule has 0 bridgehead atoms. The Morgan fingerprint density at radius 2 is 2.36 bits per heavy atom. The summed E-state index contributed by atoms with van der Waals surface area (Å²) in [4.78, 5) is 10.4. The SMILES string of the molecule is NC(=O)CCCCNCC1CCCO1. The Bertz CT molecular complexity index is 168. The monoisotopic (exact) mass is 200 g/mol. The minimum absolute atomic E-state index is 0.205. The third kappa shape index (κ3) is 5.19. The van der Waals surface area contributed by atoms with Crippen LogP contribution in [-0.4, -0.2) is 31.7 Å². The number of nitrogens with two attached hydrogens (primary N) is 1. The lowest BCUT2D eigenvalue weighted by atomic mass is 10.2. The number of amides is 1. The molecule has 14 heavy (non-hydrogen) atoms. The molecule has 0 aromatic carbocycles. The van der Waals surface area contributed by atoms with E-state index in [4.69, 9.17) is 10.5 Å². The number of carbonyl (C=O) groups is 1. The summed E-state index contributed by atoms with van der Waals surface area (Å²) >= 11 is 0. The van der Waals surface area contributed by atoms with Crippen molar-refractivity contribution < 1.29 is 9.53 Å². The summed E-state index contributed by atoms with van der Waals surface area (Å²) in [6.45, 7) is 2.80. The number of rotatable bonds is 7. The number of hydrogen-bond acceptors (Lipinski definition) is 3. The molecule has 0 radical (unpaired) electrons. The molecule has 1 rings (SSSR count). The molecule has 0 saturated carbocycles. The molecule has 1 aliphatic heterocycles. The largest absolute Gasteiger partial charge is 0.377 e. The molecular formula is C10H20N2O2. The maximum Gasteiger partial charge on any atom is 0.217 e. The minimum atomic E-state index is -0.205. The molecule has 1 heterocycles. The zero-order chi connectivity index (χ0) is 10.2. The van der Waals surface area contributed by atoms with Gasteiger partial charge in [0.25, 0.3) is 0 Å². The average Bonchev–Trinajstić information content (AvgIpc) is 2.63. The summed E-state index contributed by atoms with van der Waals surface area (Å²) in [6, 6.07) is 0. The van der Waals surface area contributed by atoms with Crippen molar-refractivity contribution in [2.45, 2.75) is 38.2 Å². The van der Waals surface area contributed by atoms with Gasteiger partial charge in [-0.2, -0.15) is 0 Å². The van der Waals surface area contributed by atoms with Crippen LogP contribution in [0.4, 0.5) is 0 Å². The van der Waals surface area contributed by atoms with Crippen LogP contribution in [0.5, 0.6) is 0 Å². The highest BCUT2D eigenvalue weighted by Crippen LogP contribution is 2.10. The van der Waals surface area contributed by atoms with Gasteiger partial charge >= 0.3 is 0 Å². The van der Waals surface area contributed by atoms with Gasteiger partial charge in [0.1, 0.15) is 0 Å². The Morgan fingerprint density at radius 1 is 1.50 bits per heavy atom. The van der Waals surface area contributed by atoms with Gasteiger partial charge in [-0.25, -0.2) is 0 Å². The van der Waals surface area contributed by atoms with Crippen molar-refractivity contribution in [1.82, 2.24) is 5.32 Å². The lowest BCUT2D eigenvalue weighted by Crippen LogP contribution is -2.27. The summed E-state index contributed by atoms with van der Waals surface area (Å²) < 4.78 is 5.46. The maximum absolute atomic E-state index is 10.4. The highest BCUT2D eigenvalue weighted by molar-refractivity contribution is 5.73. The van der Waals surface area contributed by atoms with E-state index in [0.717, 1.165) is 32.5 Å². The second kappa shape index (κ2) is 6.79. The van der Waals surface area contributed by atoms with Gasteiger partial charge < -0.3 is 15.8 Å². The van der Waals surface area contributed by atoms with Crippen molar-refractivity contribution in [2.24, 2.45) is 5.73 Å². The van der Waals surface area contributed by atoms with Gasteiger partial charge in [0.05, 0.1) is 6.10 Å². The molecule has 0 spiro atoms. The van der Waals surface area contributed by atoms with E-state index in [1.165, 1.54) is 12.8 Å². The van der Waals surface area contributed by atoms with Crippen molar-refractivity contribution in [2.75, 3.05) is 19.7 Å². The molecule has 4 heteroatoms. The van der Waals surface area contributed by atoms with Gasteiger partial charge in [0.15, 0.2) is 0 Å². The smallest absolute Gasteiger partial charge is 0.217 e. The third-order valence-electron chi connectivity index (χ3n) is 2.42. The Balaban J connectivity index is 1.82. The second-order valence-corrected chi connectivity index (χ2v) is 3.76. The first-order valence-corrected chi connectivity index (χ1v) is 5.39. The quantitative estimate of drug-likeness (QED) is 0.585. The normalized spacial score (nSPS) is 21.3. The van der Waals surface area contributed by atoms with Gasteiger partial charge in [-0.1, -0.05) is 0 Å². The zero-order valence-corrected chi connectivity index (χ0v) is 8.63. The van der Waals surface area contributed by atoms with Crippen molar-refractivity contribution in [3.8, 4) is 0 Å². The van der Waals surface area contributed by atoms with Crippen LogP contribution >= 0.6 is 0 Å². The van der Waals surface area contributed by atoms with Gasteiger partial charge in [-0.3, -0.25) is 4.79 Å². The van der Waals surface area contributed by atoms with Crippen LogP contribution in [0.25, 0.3) is 0 Å². The summed E-state index contributed by atoms with van der Waals surface area (Å²) in [7, 11) is 0. The van der Waals surface area contributed by atoms with E-state index in [-0.39, 0.29) is 5.91 Å². The minimum Gasteiger partial charge on any atom is -0.377 e. The van der Waals surface area contributed by atoms with Crippen molar-refractivity contribution in [3.63, 3.8) is 0 Å². The number of primary amides is 1. The van der Waals surface area contributed by atoms with E-state index in [1.54, 1.807) is 0 Å². The van der Waals surface area contributed by atoms with E-state index >= 15 is 0 Å². The summed E-state index contributed by atoms with van der Waals surface area (Å²) in [6.07, 6.45) is 5.17. The van der Waals surface area contributed by atoms with E-state index < -0.39 is 0 Å². The summed E-state index contributed by atoms with van der Waals surface area (Å²) in [5, 5.41) is 3.32. The van der Waals surface area contributed by atoms with Crippen LogP contribution in [0.2, 0.25) is 0 Å². The molecular weight excluding hydrogens is 180 g/mol. The first kappa shape index (κ1) is 11.5. The molecule has 1 atom stereocenters. The van der Waals surface area contributed by atoms with Crippen LogP contribution in [0, 0.1) is 0 Å². The fraction of sp³-hybridized carbons (Fsp3) is 0.900. The number of carbonyl (C=O) groups excluding carboxylic acids is 1. The summed E-state index contributed by atoms with van der Waals surface area (Å²) in [5.74, 6) is -0.205. The second-order valence-electron chi connectivity index (χ2n) is 3.76. The van der Waals surface area contributed by atoms with Crippen LogP contribution < -0.4 is 11.1 Å². The molecule has 1 amide bonds. The molecule has 0 aromatic heterocycles. The molecule has 1 saturated heterocycles. The van der Waals surface area contributed by atoms with Gasteiger partial charge in [0, 0.05) is 19.6 Å². The Kier molecular flexibility index (Phi) is 5.56. The fourth-order valence-electron chi connectivity index (χ4n) is 1.62. The van der Waals surface area contributed by atoms with Crippen molar-refractivity contribution in [3.05, 3.63) is 0 Å². The van der Waals surface area contributed by atoms with Crippen molar-refractivity contribution in [1.29, 1.82) is 0 Å². The van der Waals surface area contributed by atoms with Crippen LogP contribution in [0.3, 0.4) is 0 Å². The van der Waals surface area contributed by atoms with E-state index in [2.05, 4.69) is 5.32 Å². The third-order valence-corrected chi connectivity index (χ3v) is 2.42. The fourth-order valence-corrected chi connectivity index (χ4v) is 1.62.